The fraction of sp³-hybridized carbons (Fsp3) is 0.0714. The predicted octanol–water partition coefficient (Wildman–Crippen LogP) is 3.08. The molecule has 0 unspecified atom stereocenters. The molecule has 1 N–H and O–H groups in total. The fourth-order valence-electron chi connectivity index (χ4n) is 1.76. The third-order valence-electron chi connectivity index (χ3n) is 2.64. The Morgan fingerprint density at radius 3 is 2.29 bits per heavy atom. The second-order valence-corrected chi connectivity index (χ2v) is 6.53. The van der Waals surface area contributed by atoms with Crippen LogP contribution in [0, 0.1) is 5.82 Å². The Kier molecular flexibility index (Phi) is 4.29. The molecule has 0 aliphatic rings. The molecule has 21 heavy (non-hydrogen) atoms. The van der Waals surface area contributed by atoms with Gasteiger partial charge in [-0.25, -0.2) is 12.8 Å². The van der Waals surface area contributed by atoms with Crippen LogP contribution in [-0.4, -0.2) is 20.5 Å². The van der Waals surface area contributed by atoms with Crippen molar-refractivity contribution in [1.29, 1.82) is 0 Å². The molecule has 2 aromatic rings. The number of carbonyl (C=O) groups is 1. The molecule has 0 radical (unpaired) electrons. The largest absolute Gasteiger partial charge is 0.288 e. The van der Waals surface area contributed by atoms with Gasteiger partial charge in [0.15, 0.2) is 5.78 Å². The van der Waals surface area contributed by atoms with E-state index in [4.69, 9.17) is 11.6 Å². The van der Waals surface area contributed by atoms with Crippen molar-refractivity contribution < 1.29 is 17.6 Å². The van der Waals surface area contributed by atoms with Crippen molar-refractivity contribution >= 4 is 33.1 Å². The highest BCUT2D eigenvalue weighted by molar-refractivity contribution is 7.92. The Morgan fingerprint density at radius 1 is 1.14 bits per heavy atom. The topological polar surface area (TPSA) is 63.2 Å². The summed E-state index contributed by atoms with van der Waals surface area (Å²) in [5.74, 6) is -1.27. The summed E-state index contributed by atoms with van der Waals surface area (Å²) in [6.45, 7) is 0. The summed E-state index contributed by atoms with van der Waals surface area (Å²) < 4.78 is 38.1. The van der Waals surface area contributed by atoms with Gasteiger partial charge in [0.2, 0.25) is 10.0 Å². The van der Waals surface area contributed by atoms with E-state index in [9.17, 15) is 17.6 Å². The van der Waals surface area contributed by atoms with Crippen molar-refractivity contribution in [2.45, 2.75) is 0 Å². The molecule has 0 bridgehead atoms. The van der Waals surface area contributed by atoms with E-state index in [-0.39, 0.29) is 16.1 Å². The standard InChI is InChI=1S/C14H11ClFNO3S/c1-21(19,20)17-10-7-5-9(6-8-10)14(18)13-11(15)3-2-4-12(13)16/h2-8,17H,1H3. The van der Waals surface area contributed by atoms with Crippen LogP contribution in [-0.2, 0) is 10.0 Å². The summed E-state index contributed by atoms with van der Waals surface area (Å²) in [5, 5.41) is 0.0262. The number of benzene rings is 2. The molecule has 2 rings (SSSR count). The minimum absolute atomic E-state index is 0.0262. The van der Waals surface area contributed by atoms with Gasteiger partial charge in [-0.3, -0.25) is 9.52 Å². The van der Waals surface area contributed by atoms with Gasteiger partial charge in [-0.2, -0.15) is 0 Å². The van der Waals surface area contributed by atoms with Crippen molar-refractivity contribution in [3.63, 3.8) is 0 Å². The zero-order valence-electron chi connectivity index (χ0n) is 10.9. The maximum atomic E-state index is 13.7. The lowest BCUT2D eigenvalue weighted by atomic mass is 10.0. The first-order valence-corrected chi connectivity index (χ1v) is 8.11. The molecule has 0 heterocycles. The second-order valence-electron chi connectivity index (χ2n) is 4.38. The van der Waals surface area contributed by atoms with Crippen LogP contribution in [0.1, 0.15) is 15.9 Å². The highest BCUT2D eigenvalue weighted by Gasteiger charge is 2.17. The highest BCUT2D eigenvalue weighted by Crippen LogP contribution is 2.23. The van der Waals surface area contributed by atoms with Gasteiger partial charge in [-0.15, -0.1) is 0 Å². The van der Waals surface area contributed by atoms with Crippen LogP contribution in [0.25, 0.3) is 0 Å². The maximum Gasteiger partial charge on any atom is 0.229 e. The molecule has 0 saturated carbocycles. The lowest BCUT2D eigenvalue weighted by molar-refractivity contribution is 0.103. The van der Waals surface area contributed by atoms with Crippen molar-refractivity contribution in [3.8, 4) is 0 Å². The van der Waals surface area contributed by atoms with E-state index in [1.807, 2.05) is 0 Å². The lowest BCUT2D eigenvalue weighted by Crippen LogP contribution is -2.10. The molecule has 0 spiro atoms. The molecule has 110 valence electrons. The molecular weight excluding hydrogens is 317 g/mol. The van der Waals surface area contributed by atoms with E-state index in [0.717, 1.165) is 12.3 Å². The second kappa shape index (κ2) is 5.83. The first-order chi connectivity index (χ1) is 9.78. The Balaban J connectivity index is 2.33. The zero-order valence-corrected chi connectivity index (χ0v) is 12.5. The first kappa shape index (κ1) is 15.5. The SMILES string of the molecule is CS(=O)(=O)Nc1ccc(C(=O)c2c(F)cccc2Cl)cc1. The van der Waals surface area contributed by atoms with Crippen molar-refractivity contribution in [1.82, 2.24) is 0 Å². The number of halogens is 2. The van der Waals surface area contributed by atoms with E-state index in [2.05, 4.69) is 4.72 Å². The lowest BCUT2D eigenvalue weighted by Gasteiger charge is -2.07. The van der Waals surface area contributed by atoms with Crippen molar-refractivity contribution in [2.75, 3.05) is 11.0 Å². The van der Waals surface area contributed by atoms with Crippen LogP contribution in [0.3, 0.4) is 0 Å². The molecule has 0 amide bonds. The van der Waals surface area contributed by atoms with E-state index < -0.39 is 21.6 Å². The maximum absolute atomic E-state index is 13.7. The molecule has 0 aliphatic heterocycles. The number of carbonyl (C=O) groups excluding carboxylic acids is 1. The number of rotatable bonds is 4. The molecule has 0 fully saturated rings. The van der Waals surface area contributed by atoms with Gasteiger partial charge < -0.3 is 0 Å². The van der Waals surface area contributed by atoms with Gasteiger partial charge in [0, 0.05) is 11.3 Å². The third kappa shape index (κ3) is 3.80. The number of sulfonamides is 1. The summed E-state index contributed by atoms with van der Waals surface area (Å²) >= 11 is 5.84. The minimum Gasteiger partial charge on any atom is -0.288 e. The van der Waals surface area contributed by atoms with Crippen LogP contribution >= 0.6 is 11.6 Å². The molecule has 0 aromatic heterocycles. The van der Waals surface area contributed by atoms with Gasteiger partial charge in [-0.1, -0.05) is 17.7 Å². The number of ketones is 1. The highest BCUT2D eigenvalue weighted by atomic mass is 35.5. The van der Waals surface area contributed by atoms with Crippen LogP contribution < -0.4 is 4.72 Å². The average molecular weight is 328 g/mol. The molecular formula is C14H11ClFNO3S. The smallest absolute Gasteiger partial charge is 0.229 e. The van der Waals surface area contributed by atoms with E-state index >= 15 is 0 Å². The fourth-order valence-corrected chi connectivity index (χ4v) is 2.58. The number of hydrogen-bond donors (Lipinski definition) is 1. The third-order valence-corrected chi connectivity index (χ3v) is 3.56. The summed E-state index contributed by atoms with van der Waals surface area (Å²) in [4.78, 5) is 12.2. The monoisotopic (exact) mass is 327 g/mol. The Morgan fingerprint density at radius 2 is 1.76 bits per heavy atom. The Hall–Kier alpha value is -1.92. The van der Waals surface area contributed by atoms with E-state index in [1.165, 1.54) is 36.4 Å². The normalized spacial score (nSPS) is 11.2. The molecule has 0 saturated heterocycles. The molecule has 7 heteroatoms. The number of hydrogen-bond acceptors (Lipinski definition) is 3. The quantitative estimate of drug-likeness (QED) is 0.878. The zero-order chi connectivity index (χ0) is 15.6. The van der Waals surface area contributed by atoms with Crippen LogP contribution in [0.5, 0.6) is 0 Å². The van der Waals surface area contributed by atoms with Crippen molar-refractivity contribution in [2.24, 2.45) is 0 Å². The van der Waals surface area contributed by atoms with Gasteiger partial charge in [0.25, 0.3) is 0 Å². The minimum atomic E-state index is -3.39. The number of anilines is 1. The molecule has 0 aliphatic carbocycles. The first-order valence-electron chi connectivity index (χ1n) is 5.84. The van der Waals surface area contributed by atoms with E-state index in [0.29, 0.717) is 5.69 Å². The van der Waals surface area contributed by atoms with Crippen molar-refractivity contribution in [3.05, 3.63) is 64.4 Å². The summed E-state index contributed by atoms with van der Waals surface area (Å²) in [6.07, 6.45) is 1.02. The summed E-state index contributed by atoms with van der Waals surface area (Å²) in [7, 11) is -3.39. The van der Waals surface area contributed by atoms with E-state index in [1.54, 1.807) is 0 Å². The van der Waals surface area contributed by atoms with Crippen LogP contribution in [0.2, 0.25) is 5.02 Å². The average Bonchev–Trinajstić information content (AvgIpc) is 2.37. The molecule has 0 atom stereocenters. The van der Waals surface area contributed by atoms with Gasteiger partial charge in [0.05, 0.1) is 16.8 Å². The van der Waals surface area contributed by atoms with Gasteiger partial charge in [-0.05, 0) is 36.4 Å². The number of nitrogens with one attached hydrogen (secondary N) is 1. The van der Waals surface area contributed by atoms with Crippen LogP contribution in [0.15, 0.2) is 42.5 Å². The van der Waals surface area contributed by atoms with Gasteiger partial charge in [0.1, 0.15) is 5.82 Å². The molecule has 4 nitrogen and oxygen atoms in total. The van der Waals surface area contributed by atoms with Gasteiger partial charge >= 0.3 is 0 Å². The summed E-state index contributed by atoms with van der Waals surface area (Å²) in [5.41, 5.74) is 0.317. The van der Waals surface area contributed by atoms with Crippen LogP contribution in [0.4, 0.5) is 10.1 Å². The summed E-state index contributed by atoms with van der Waals surface area (Å²) in [6, 6.07) is 9.63. The predicted molar refractivity (Wildman–Crippen MR) is 79.8 cm³/mol. The Labute approximate surface area is 126 Å². The molecule has 2 aromatic carbocycles. The Bertz CT molecular complexity index is 768.